The number of carbonyl (C=O) groups excluding carboxylic acids is 2. The number of para-hydroxylation sites is 1. The summed E-state index contributed by atoms with van der Waals surface area (Å²) in [6, 6.07) is 12.3. The van der Waals surface area contributed by atoms with Gasteiger partial charge in [-0.3, -0.25) is 4.79 Å². The van der Waals surface area contributed by atoms with Crippen LogP contribution in [-0.4, -0.2) is 25.6 Å². The molecule has 0 spiro atoms. The second kappa shape index (κ2) is 7.76. The molecule has 0 radical (unpaired) electrons. The van der Waals surface area contributed by atoms with E-state index in [4.69, 9.17) is 13.9 Å². The van der Waals surface area contributed by atoms with Gasteiger partial charge in [0.05, 0.1) is 18.4 Å². The average Bonchev–Trinajstić information content (AvgIpc) is 3.10. The minimum absolute atomic E-state index is 0.166. The number of fused-ring (bicyclic) bond motifs is 3. The Balaban J connectivity index is 1.45. The molecule has 1 N–H and O–H groups in total. The predicted molar refractivity (Wildman–Crippen MR) is 105 cm³/mol. The summed E-state index contributed by atoms with van der Waals surface area (Å²) in [5.74, 6) is 0.811. The van der Waals surface area contributed by atoms with E-state index in [0.29, 0.717) is 17.0 Å². The molecule has 0 aliphatic heterocycles. The molecule has 6 heteroatoms. The van der Waals surface area contributed by atoms with E-state index >= 15 is 0 Å². The molecule has 0 fully saturated rings. The zero-order valence-electron chi connectivity index (χ0n) is 15.6. The van der Waals surface area contributed by atoms with Crippen LogP contribution in [0, 0.1) is 0 Å². The second-order valence-corrected chi connectivity index (χ2v) is 6.74. The molecule has 144 valence electrons. The summed E-state index contributed by atoms with van der Waals surface area (Å²) in [6.45, 7) is -0.166. The van der Waals surface area contributed by atoms with Gasteiger partial charge in [0.1, 0.15) is 17.1 Å². The SMILES string of the molecule is COC(=O)c1ccccc1NC(=O)COc1ccc2oc3c(c2c1)CCCC3. The van der Waals surface area contributed by atoms with E-state index in [-0.39, 0.29) is 12.5 Å². The largest absolute Gasteiger partial charge is 0.484 e. The molecular weight excluding hydrogens is 358 g/mol. The minimum Gasteiger partial charge on any atom is -0.484 e. The van der Waals surface area contributed by atoms with E-state index in [2.05, 4.69) is 5.32 Å². The average molecular weight is 379 g/mol. The summed E-state index contributed by atoms with van der Waals surface area (Å²) in [5, 5.41) is 3.75. The first-order valence-corrected chi connectivity index (χ1v) is 9.30. The van der Waals surface area contributed by atoms with Crippen molar-refractivity contribution in [3.05, 3.63) is 59.4 Å². The molecule has 0 saturated carbocycles. The van der Waals surface area contributed by atoms with Crippen LogP contribution in [0.15, 0.2) is 46.9 Å². The summed E-state index contributed by atoms with van der Waals surface area (Å²) in [5.41, 5.74) is 2.80. The predicted octanol–water partition coefficient (Wildman–Crippen LogP) is 4.12. The molecule has 1 aromatic heterocycles. The summed E-state index contributed by atoms with van der Waals surface area (Å²) < 4.78 is 16.3. The van der Waals surface area contributed by atoms with Gasteiger partial charge in [0.15, 0.2) is 6.61 Å². The van der Waals surface area contributed by atoms with Gasteiger partial charge < -0.3 is 19.2 Å². The lowest BCUT2D eigenvalue weighted by Gasteiger charge is -2.11. The van der Waals surface area contributed by atoms with Crippen LogP contribution in [0.2, 0.25) is 0 Å². The van der Waals surface area contributed by atoms with Crippen LogP contribution >= 0.6 is 0 Å². The number of ether oxygens (including phenoxy) is 2. The zero-order valence-corrected chi connectivity index (χ0v) is 15.6. The van der Waals surface area contributed by atoms with Gasteiger partial charge in [-0.2, -0.15) is 0 Å². The molecule has 0 atom stereocenters. The Labute approximate surface area is 162 Å². The Kier molecular flexibility index (Phi) is 5.02. The molecule has 1 aliphatic rings. The quantitative estimate of drug-likeness (QED) is 0.675. The van der Waals surface area contributed by atoms with E-state index in [9.17, 15) is 9.59 Å². The third kappa shape index (κ3) is 3.58. The molecule has 4 rings (SSSR count). The summed E-state index contributed by atoms with van der Waals surface area (Å²) >= 11 is 0. The number of hydrogen-bond donors (Lipinski definition) is 1. The summed E-state index contributed by atoms with van der Waals surface area (Å²) in [7, 11) is 1.30. The van der Waals surface area contributed by atoms with Gasteiger partial charge in [0, 0.05) is 17.4 Å². The van der Waals surface area contributed by atoms with E-state index in [0.717, 1.165) is 42.4 Å². The van der Waals surface area contributed by atoms with Crippen molar-refractivity contribution in [1.82, 2.24) is 0 Å². The van der Waals surface area contributed by atoms with Gasteiger partial charge in [-0.1, -0.05) is 12.1 Å². The number of rotatable bonds is 5. The Hall–Kier alpha value is -3.28. The maximum Gasteiger partial charge on any atom is 0.339 e. The van der Waals surface area contributed by atoms with Crippen LogP contribution in [0.3, 0.4) is 0 Å². The Morgan fingerprint density at radius 2 is 1.93 bits per heavy atom. The monoisotopic (exact) mass is 379 g/mol. The van der Waals surface area contributed by atoms with Crippen molar-refractivity contribution in [3.8, 4) is 5.75 Å². The fourth-order valence-corrected chi connectivity index (χ4v) is 3.55. The molecule has 1 heterocycles. The molecule has 0 unspecified atom stereocenters. The number of benzene rings is 2. The molecule has 28 heavy (non-hydrogen) atoms. The van der Waals surface area contributed by atoms with Crippen LogP contribution in [0.25, 0.3) is 11.0 Å². The molecule has 2 aromatic carbocycles. The van der Waals surface area contributed by atoms with Crippen LogP contribution < -0.4 is 10.1 Å². The topological polar surface area (TPSA) is 77.8 Å². The Morgan fingerprint density at radius 3 is 2.79 bits per heavy atom. The first-order chi connectivity index (χ1) is 13.7. The van der Waals surface area contributed by atoms with Crippen molar-refractivity contribution in [2.45, 2.75) is 25.7 Å². The van der Waals surface area contributed by atoms with Gasteiger partial charge in [0.25, 0.3) is 5.91 Å². The smallest absolute Gasteiger partial charge is 0.339 e. The van der Waals surface area contributed by atoms with E-state index < -0.39 is 5.97 Å². The third-order valence-electron chi connectivity index (χ3n) is 4.90. The standard InChI is InChI=1S/C22H21NO5/c1-26-22(25)16-7-2-4-8-18(16)23-21(24)13-27-14-10-11-20-17(12-14)15-6-3-5-9-19(15)28-20/h2,4,7-8,10-12H,3,5-6,9,13H2,1H3,(H,23,24). The highest BCUT2D eigenvalue weighted by Crippen LogP contribution is 2.33. The first-order valence-electron chi connectivity index (χ1n) is 9.30. The Morgan fingerprint density at radius 1 is 1.11 bits per heavy atom. The molecule has 0 bridgehead atoms. The minimum atomic E-state index is -0.507. The van der Waals surface area contributed by atoms with Gasteiger partial charge in [-0.25, -0.2) is 4.79 Å². The van der Waals surface area contributed by atoms with Gasteiger partial charge in [-0.05, 0) is 49.6 Å². The number of carbonyl (C=O) groups is 2. The van der Waals surface area contributed by atoms with Gasteiger partial charge in [-0.15, -0.1) is 0 Å². The summed E-state index contributed by atoms with van der Waals surface area (Å²) in [6.07, 6.45) is 4.30. The normalized spacial score (nSPS) is 13.0. The van der Waals surface area contributed by atoms with Crippen molar-refractivity contribution in [1.29, 1.82) is 0 Å². The van der Waals surface area contributed by atoms with E-state index in [1.54, 1.807) is 30.3 Å². The lowest BCUT2D eigenvalue weighted by molar-refractivity contribution is -0.118. The van der Waals surface area contributed by atoms with Crippen LogP contribution in [0.1, 0.15) is 34.5 Å². The number of aryl methyl sites for hydroxylation is 2. The maximum absolute atomic E-state index is 12.3. The van der Waals surface area contributed by atoms with Gasteiger partial charge in [0.2, 0.25) is 0 Å². The highest BCUT2D eigenvalue weighted by atomic mass is 16.5. The first kappa shape index (κ1) is 18.1. The molecule has 1 amide bonds. The lowest BCUT2D eigenvalue weighted by atomic mass is 9.96. The highest BCUT2D eigenvalue weighted by molar-refractivity contribution is 6.01. The fourth-order valence-electron chi connectivity index (χ4n) is 3.55. The third-order valence-corrected chi connectivity index (χ3v) is 4.90. The number of furan rings is 1. The lowest BCUT2D eigenvalue weighted by Crippen LogP contribution is -2.21. The molecular formula is C22H21NO5. The van der Waals surface area contributed by atoms with Crippen molar-refractivity contribution in [2.24, 2.45) is 0 Å². The number of hydrogen-bond acceptors (Lipinski definition) is 5. The second-order valence-electron chi connectivity index (χ2n) is 6.74. The van der Waals surface area contributed by atoms with Gasteiger partial charge >= 0.3 is 5.97 Å². The fraction of sp³-hybridized carbons (Fsp3) is 0.273. The van der Waals surface area contributed by atoms with Crippen molar-refractivity contribution >= 4 is 28.5 Å². The number of methoxy groups -OCH3 is 1. The van der Waals surface area contributed by atoms with Crippen LogP contribution in [0.5, 0.6) is 5.75 Å². The Bertz CT molecular complexity index is 1040. The maximum atomic E-state index is 12.3. The number of esters is 1. The molecule has 6 nitrogen and oxygen atoms in total. The molecule has 0 saturated heterocycles. The van der Waals surface area contributed by atoms with Crippen LogP contribution in [0.4, 0.5) is 5.69 Å². The molecule has 1 aliphatic carbocycles. The van der Waals surface area contributed by atoms with E-state index in [1.165, 1.54) is 12.7 Å². The number of nitrogens with one attached hydrogen (secondary N) is 1. The number of amides is 1. The van der Waals surface area contributed by atoms with E-state index in [1.807, 2.05) is 12.1 Å². The van der Waals surface area contributed by atoms with Crippen molar-refractivity contribution in [2.75, 3.05) is 19.0 Å². The summed E-state index contributed by atoms with van der Waals surface area (Å²) in [4.78, 5) is 24.1. The zero-order chi connectivity index (χ0) is 19.5. The van der Waals surface area contributed by atoms with Crippen molar-refractivity contribution < 1.29 is 23.5 Å². The number of anilines is 1. The highest BCUT2D eigenvalue weighted by Gasteiger charge is 2.18. The van der Waals surface area contributed by atoms with Crippen LogP contribution in [-0.2, 0) is 22.4 Å². The van der Waals surface area contributed by atoms with Crippen molar-refractivity contribution in [3.63, 3.8) is 0 Å². The molecule has 3 aromatic rings.